The monoisotopic (exact) mass is 190 g/mol. The maximum Gasteiger partial charge on any atom is 0.0372 e. The van der Waals surface area contributed by atoms with Crippen molar-refractivity contribution in [2.45, 2.75) is 25.7 Å². The van der Waals surface area contributed by atoms with E-state index in [1.807, 2.05) is 0 Å². The van der Waals surface area contributed by atoms with Crippen molar-refractivity contribution in [2.75, 3.05) is 18.4 Å². The zero-order valence-corrected chi connectivity index (χ0v) is 8.72. The molecule has 14 heavy (non-hydrogen) atoms. The first-order valence-corrected chi connectivity index (χ1v) is 5.38. The highest BCUT2D eigenvalue weighted by atomic mass is 14.9. The molecule has 0 radical (unpaired) electrons. The second-order valence-corrected chi connectivity index (χ2v) is 4.08. The van der Waals surface area contributed by atoms with Gasteiger partial charge in [-0.3, -0.25) is 0 Å². The molecule has 76 valence electrons. The first-order chi connectivity index (χ1) is 6.81. The smallest absolute Gasteiger partial charge is 0.0372 e. The van der Waals surface area contributed by atoms with Gasteiger partial charge in [-0.05, 0) is 42.5 Å². The first-order valence-electron chi connectivity index (χ1n) is 5.38. The molecular formula is C12H18N2. The number of fused-ring (bicyclic) bond motifs is 1. The Balaban J connectivity index is 2.29. The quantitative estimate of drug-likeness (QED) is 0.749. The van der Waals surface area contributed by atoms with Crippen molar-refractivity contribution >= 4 is 5.69 Å². The molecule has 0 fully saturated rings. The lowest BCUT2D eigenvalue weighted by atomic mass is 9.95. The second kappa shape index (κ2) is 4.01. The summed E-state index contributed by atoms with van der Waals surface area (Å²) in [4.78, 5) is 0. The van der Waals surface area contributed by atoms with Crippen LogP contribution in [0.5, 0.6) is 0 Å². The van der Waals surface area contributed by atoms with Crippen molar-refractivity contribution in [2.24, 2.45) is 5.73 Å². The zero-order valence-electron chi connectivity index (χ0n) is 8.72. The molecule has 1 aliphatic heterocycles. The predicted molar refractivity (Wildman–Crippen MR) is 60.7 cm³/mol. The van der Waals surface area contributed by atoms with E-state index in [1.165, 1.54) is 29.7 Å². The van der Waals surface area contributed by atoms with Gasteiger partial charge in [-0.25, -0.2) is 0 Å². The minimum Gasteiger partial charge on any atom is -0.385 e. The maximum atomic E-state index is 5.66. The topological polar surface area (TPSA) is 38.0 Å². The molecule has 2 heteroatoms. The number of aryl methyl sites for hydroxylation is 1. The van der Waals surface area contributed by atoms with E-state index in [0.29, 0.717) is 5.92 Å². The summed E-state index contributed by atoms with van der Waals surface area (Å²) in [6, 6.07) is 6.68. The predicted octanol–water partition coefficient (Wildman–Crippen LogP) is 2.11. The molecule has 2 rings (SSSR count). The third-order valence-electron chi connectivity index (χ3n) is 2.99. The van der Waals surface area contributed by atoms with E-state index >= 15 is 0 Å². The van der Waals surface area contributed by atoms with Gasteiger partial charge in [-0.1, -0.05) is 19.1 Å². The average Bonchev–Trinajstić information content (AvgIpc) is 2.27. The van der Waals surface area contributed by atoms with Crippen molar-refractivity contribution in [3.63, 3.8) is 0 Å². The van der Waals surface area contributed by atoms with Crippen LogP contribution in [-0.2, 0) is 6.42 Å². The molecule has 1 unspecified atom stereocenters. The number of hydrogen-bond donors (Lipinski definition) is 2. The van der Waals surface area contributed by atoms with Crippen LogP contribution in [0.2, 0.25) is 0 Å². The summed E-state index contributed by atoms with van der Waals surface area (Å²) in [5.41, 5.74) is 9.80. The number of nitrogens with one attached hydrogen (secondary N) is 1. The molecule has 0 amide bonds. The van der Waals surface area contributed by atoms with Crippen LogP contribution in [0.3, 0.4) is 0 Å². The fourth-order valence-corrected chi connectivity index (χ4v) is 1.94. The van der Waals surface area contributed by atoms with E-state index in [4.69, 9.17) is 5.73 Å². The Kier molecular flexibility index (Phi) is 2.73. The van der Waals surface area contributed by atoms with Crippen LogP contribution < -0.4 is 11.1 Å². The lowest BCUT2D eigenvalue weighted by Gasteiger charge is -2.20. The van der Waals surface area contributed by atoms with Gasteiger partial charge < -0.3 is 11.1 Å². The third-order valence-corrected chi connectivity index (χ3v) is 2.99. The highest BCUT2D eigenvalue weighted by molar-refractivity contribution is 5.54. The van der Waals surface area contributed by atoms with Crippen LogP contribution in [0.1, 0.15) is 30.4 Å². The van der Waals surface area contributed by atoms with E-state index < -0.39 is 0 Å². The Morgan fingerprint density at radius 1 is 1.50 bits per heavy atom. The van der Waals surface area contributed by atoms with Gasteiger partial charge in [-0.2, -0.15) is 0 Å². The fourth-order valence-electron chi connectivity index (χ4n) is 1.94. The second-order valence-electron chi connectivity index (χ2n) is 4.08. The standard InChI is InChI=1S/C12H18N2/c1-9(8-13)10-4-5-12-11(7-10)3-2-6-14-12/h4-5,7,9,14H,2-3,6,8,13H2,1H3. The Hall–Kier alpha value is -1.02. The van der Waals surface area contributed by atoms with Gasteiger partial charge in [-0.15, -0.1) is 0 Å². The zero-order chi connectivity index (χ0) is 9.97. The molecule has 3 N–H and O–H groups in total. The molecule has 1 aliphatic rings. The minimum absolute atomic E-state index is 0.474. The first kappa shape index (κ1) is 9.53. The van der Waals surface area contributed by atoms with Crippen LogP contribution in [0.15, 0.2) is 18.2 Å². The SMILES string of the molecule is CC(CN)c1ccc2c(c1)CCCN2. The van der Waals surface area contributed by atoms with Crippen molar-refractivity contribution in [3.05, 3.63) is 29.3 Å². The molecule has 0 spiro atoms. The molecule has 0 aliphatic carbocycles. The van der Waals surface area contributed by atoms with Gasteiger partial charge in [0.2, 0.25) is 0 Å². The van der Waals surface area contributed by atoms with E-state index in [9.17, 15) is 0 Å². The van der Waals surface area contributed by atoms with Gasteiger partial charge in [0.1, 0.15) is 0 Å². The third kappa shape index (κ3) is 1.75. The maximum absolute atomic E-state index is 5.66. The lowest BCUT2D eigenvalue weighted by Crippen LogP contribution is -2.13. The number of anilines is 1. The number of nitrogens with two attached hydrogens (primary N) is 1. The van der Waals surface area contributed by atoms with E-state index in [1.54, 1.807) is 0 Å². The lowest BCUT2D eigenvalue weighted by molar-refractivity contribution is 0.765. The van der Waals surface area contributed by atoms with Gasteiger partial charge >= 0.3 is 0 Å². The van der Waals surface area contributed by atoms with Crippen LogP contribution in [0.25, 0.3) is 0 Å². The van der Waals surface area contributed by atoms with E-state index in [0.717, 1.165) is 13.1 Å². The van der Waals surface area contributed by atoms with Crippen LogP contribution >= 0.6 is 0 Å². The van der Waals surface area contributed by atoms with Crippen molar-refractivity contribution in [3.8, 4) is 0 Å². The Labute approximate surface area is 85.5 Å². The Morgan fingerprint density at radius 2 is 2.36 bits per heavy atom. The van der Waals surface area contributed by atoms with Crippen LogP contribution in [-0.4, -0.2) is 13.1 Å². The number of rotatable bonds is 2. The molecule has 1 aromatic rings. The van der Waals surface area contributed by atoms with Crippen molar-refractivity contribution in [1.82, 2.24) is 0 Å². The molecule has 1 aromatic carbocycles. The Morgan fingerprint density at radius 3 is 3.14 bits per heavy atom. The molecule has 1 atom stereocenters. The van der Waals surface area contributed by atoms with Crippen molar-refractivity contribution < 1.29 is 0 Å². The Bertz CT molecular complexity index is 320. The number of hydrogen-bond acceptors (Lipinski definition) is 2. The van der Waals surface area contributed by atoms with Gasteiger partial charge in [0.05, 0.1) is 0 Å². The molecule has 0 bridgehead atoms. The van der Waals surface area contributed by atoms with E-state index in [-0.39, 0.29) is 0 Å². The molecule has 0 saturated carbocycles. The van der Waals surface area contributed by atoms with Gasteiger partial charge in [0.15, 0.2) is 0 Å². The summed E-state index contributed by atoms with van der Waals surface area (Å²) in [6.07, 6.45) is 2.45. The summed E-state index contributed by atoms with van der Waals surface area (Å²) in [5.74, 6) is 0.474. The van der Waals surface area contributed by atoms with Crippen LogP contribution in [0, 0.1) is 0 Å². The minimum atomic E-state index is 0.474. The summed E-state index contributed by atoms with van der Waals surface area (Å²) in [5, 5.41) is 3.42. The van der Waals surface area contributed by atoms with Gasteiger partial charge in [0, 0.05) is 12.2 Å². The molecular weight excluding hydrogens is 172 g/mol. The fraction of sp³-hybridized carbons (Fsp3) is 0.500. The van der Waals surface area contributed by atoms with Crippen LogP contribution in [0.4, 0.5) is 5.69 Å². The highest BCUT2D eigenvalue weighted by Crippen LogP contribution is 2.25. The molecule has 1 heterocycles. The molecule has 0 aromatic heterocycles. The largest absolute Gasteiger partial charge is 0.385 e. The van der Waals surface area contributed by atoms with E-state index in [2.05, 4.69) is 30.4 Å². The highest BCUT2D eigenvalue weighted by Gasteiger charge is 2.10. The van der Waals surface area contributed by atoms with Gasteiger partial charge in [0.25, 0.3) is 0 Å². The molecule has 0 saturated heterocycles. The molecule has 2 nitrogen and oxygen atoms in total. The summed E-state index contributed by atoms with van der Waals surface area (Å²) in [7, 11) is 0. The summed E-state index contributed by atoms with van der Waals surface area (Å²) in [6.45, 7) is 4.02. The summed E-state index contributed by atoms with van der Waals surface area (Å²) >= 11 is 0. The number of benzene rings is 1. The summed E-state index contributed by atoms with van der Waals surface area (Å²) < 4.78 is 0. The van der Waals surface area contributed by atoms with Crippen molar-refractivity contribution in [1.29, 1.82) is 0 Å². The normalized spacial score (nSPS) is 17.0. The average molecular weight is 190 g/mol.